The van der Waals surface area contributed by atoms with Crippen molar-refractivity contribution in [3.63, 3.8) is 0 Å². The largest absolute Gasteiger partial charge is 0.496 e. The maximum atomic E-state index is 13.2. The van der Waals surface area contributed by atoms with Crippen molar-refractivity contribution < 1.29 is 28.5 Å². The highest BCUT2D eigenvalue weighted by Gasteiger charge is 2.59. The van der Waals surface area contributed by atoms with Crippen molar-refractivity contribution in [1.82, 2.24) is 0 Å². The van der Waals surface area contributed by atoms with Gasteiger partial charge in [-0.3, -0.25) is 9.59 Å². The van der Waals surface area contributed by atoms with E-state index in [1.807, 2.05) is 0 Å². The summed E-state index contributed by atoms with van der Waals surface area (Å²) in [5, 5.41) is 0.150. The van der Waals surface area contributed by atoms with Gasteiger partial charge in [0.15, 0.2) is 28.8 Å². The summed E-state index contributed by atoms with van der Waals surface area (Å²) in [6.07, 6.45) is 1.49. The lowest BCUT2D eigenvalue weighted by molar-refractivity contribution is -0.118. The van der Waals surface area contributed by atoms with E-state index in [0.717, 1.165) is 0 Å². The van der Waals surface area contributed by atoms with Crippen molar-refractivity contribution in [3.8, 4) is 17.2 Å². The number of halogens is 1. The van der Waals surface area contributed by atoms with E-state index in [-0.39, 0.29) is 45.8 Å². The number of hydrogen-bond acceptors (Lipinski definition) is 6. The fourth-order valence-electron chi connectivity index (χ4n) is 3.31. The number of ketones is 2. The average molecular weight is 353 g/mol. The standard InChI is InChI=1S/C17H17ClO6/c1-8-5-9(19)6-12(22-3)17(8)16(20)10-7-11(21-2)15(23-4)13(18)14(10)24-17/h6-8H,5H2,1-4H3/t8-,17+/m1/s1. The van der Waals surface area contributed by atoms with E-state index in [1.54, 1.807) is 6.92 Å². The van der Waals surface area contributed by atoms with Crippen LogP contribution in [-0.4, -0.2) is 38.5 Å². The lowest BCUT2D eigenvalue weighted by Gasteiger charge is -2.36. The zero-order chi connectivity index (χ0) is 17.6. The molecule has 1 spiro atoms. The zero-order valence-corrected chi connectivity index (χ0v) is 14.5. The second kappa shape index (κ2) is 5.70. The predicted molar refractivity (Wildman–Crippen MR) is 86.1 cm³/mol. The molecule has 0 radical (unpaired) electrons. The zero-order valence-electron chi connectivity index (χ0n) is 13.8. The van der Waals surface area contributed by atoms with Gasteiger partial charge in [0.05, 0.1) is 26.9 Å². The molecule has 6 nitrogen and oxygen atoms in total. The average Bonchev–Trinajstić information content (AvgIpc) is 2.85. The minimum absolute atomic E-state index is 0.112. The van der Waals surface area contributed by atoms with Crippen LogP contribution in [0.3, 0.4) is 0 Å². The van der Waals surface area contributed by atoms with Crippen LogP contribution in [0.4, 0.5) is 0 Å². The third kappa shape index (κ3) is 2.02. The summed E-state index contributed by atoms with van der Waals surface area (Å²) >= 11 is 6.36. The number of fused-ring (bicyclic) bond motifs is 1. The number of benzene rings is 1. The van der Waals surface area contributed by atoms with Crippen molar-refractivity contribution in [1.29, 1.82) is 0 Å². The fourth-order valence-corrected chi connectivity index (χ4v) is 3.62. The molecule has 7 heteroatoms. The lowest BCUT2D eigenvalue weighted by Crippen LogP contribution is -2.51. The van der Waals surface area contributed by atoms with Crippen molar-refractivity contribution in [3.05, 3.63) is 28.5 Å². The summed E-state index contributed by atoms with van der Waals surface area (Å²) in [6, 6.07) is 1.54. The molecule has 0 saturated carbocycles. The fraction of sp³-hybridized carbons (Fsp3) is 0.412. The molecule has 0 N–H and O–H groups in total. The molecule has 0 fully saturated rings. The van der Waals surface area contributed by atoms with Crippen molar-refractivity contribution >= 4 is 23.2 Å². The van der Waals surface area contributed by atoms with E-state index < -0.39 is 11.5 Å². The van der Waals surface area contributed by atoms with E-state index in [0.29, 0.717) is 5.75 Å². The second-order valence-corrected chi connectivity index (χ2v) is 6.13. The molecular formula is C17H17ClO6. The molecule has 1 aromatic carbocycles. The first kappa shape index (κ1) is 16.6. The van der Waals surface area contributed by atoms with Gasteiger partial charge < -0.3 is 18.9 Å². The van der Waals surface area contributed by atoms with Gasteiger partial charge in [-0.05, 0) is 6.07 Å². The van der Waals surface area contributed by atoms with Crippen LogP contribution >= 0.6 is 11.6 Å². The quantitative estimate of drug-likeness (QED) is 0.833. The summed E-state index contributed by atoms with van der Waals surface area (Å²) in [6.45, 7) is 1.77. The second-order valence-electron chi connectivity index (χ2n) is 5.75. The number of rotatable bonds is 3. The summed E-state index contributed by atoms with van der Waals surface area (Å²) in [5.74, 6) is 0.179. The van der Waals surface area contributed by atoms with Gasteiger partial charge in [-0.25, -0.2) is 0 Å². The third-order valence-corrected chi connectivity index (χ3v) is 4.83. The van der Waals surface area contributed by atoms with Crippen LogP contribution in [0.1, 0.15) is 23.7 Å². The normalized spacial score (nSPS) is 25.2. The summed E-state index contributed by atoms with van der Waals surface area (Å²) in [4.78, 5) is 25.0. The maximum Gasteiger partial charge on any atom is 0.231 e. The lowest BCUT2D eigenvalue weighted by atomic mass is 9.75. The Kier molecular flexibility index (Phi) is 3.95. The summed E-state index contributed by atoms with van der Waals surface area (Å²) < 4.78 is 21.8. The molecule has 0 bridgehead atoms. The number of carbonyl (C=O) groups is 2. The molecule has 3 rings (SSSR count). The number of Topliss-reactive ketones (excluding diaryl/α,β-unsaturated/α-hetero) is 1. The third-order valence-electron chi connectivity index (χ3n) is 4.49. The Hall–Kier alpha value is -2.21. The van der Waals surface area contributed by atoms with Crippen LogP contribution in [0.5, 0.6) is 17.2 Å². The SMILES string of the molecule is COC1=CC(=O)C[C@@H](C)[C@]12Oc1c(cc(OC)c(OC)c1Cl)C2=O. The molecule has 0 aromatic heterocycles. The summed E-state index contributed by atoms with van der Waals surface area (Å²) in [7, 11) is 4.31. The van der Waals surface area contributed by atoms with Crippen LogP contribution in [0, 0.1) is 5.92 Å². The number of carbonyl (C=O) groups excluding carboxylic acids is 2. The summed E-state index contributed by atoms with van der Waals surface area (Å²) in [5.41, 5.74) is -1.12. The Morgan fingerprint density at radius 1 is 1.21 bits per heavy atom. The number of allylic oxidation sites excluding steroid dienone is 1. The van der Waals surface area contributed by atoms with Crippen LogP contribution in [-0.2, 0) is 9.53 Å². The Labute approximate surface area is 144 Å². The first-order chi connectivity index (χ1) is 11.4. The van der Waals surface area contributed by atoms with E-state index in [9.17, 15) is 9.59 Å². The molecular weight excluding hydrogens is 336 g/mol. The van der Waals surface area contributed by atoms with Crippen LogP contribution in [0.15, 0.2) is 17.9 Å². The van der Waals surface area contributed by atoms with Gasteiger partial charge in [-0.1, -0.05) is 18.5 Å². The van der Waals surface area contributed by atoms with Gasteiger partial charge in [-0.2, -0.15) is 0 Å². The molecule has 2 aliphatic rings. The maximum absolute atomic E-state index is 13.2. The molecule has 128 valence electrons. The Morgan fingerprint density at radius 3 is 2.50 bits per heavy atom. The number of hydrogen-bond donors (Lipinski definition) is 0. The van der Waals surface area contributed by atoms with Gasteiger partial charge in [0.2, 0.25) is 11.4 Å². The molecule has 0 amide bonds. The Morgan fingerprint density at radius 2 is 1.92 bits per heavy atom. The monoisotopic (exact) mass is 352 g/mol. The molecule has 1 heterocycles. The Balaban J connectivity index is 2.23. The number of methoxy groups -OCH3 is 3. The van der Waals surface area contributed by atoms with E-state index in [2.05, 4.69) is 0 Å². The van der Waals surface area contributed by atoms with Gasteiger partial charge >= 0.3 is 0 Å². The van der Waals surface area contributed by atoms with Crippen LogP contribution < -0.4 is 14.2 Å². The molecule has 2 atom stereocenters. The van der Waals surface area contributed by atoms with E-state index in [1.165, 1.54) is 33.5 Å². The molecule has 0 saturated heterocycles. The molecule has 1 aliphatic carbocycles. The van der Waals surface area contributed by atoms with Crippen molar-refractivity contribution in [2.45, 2.75) is 18.9 Å². The van der Waals surface area contributed by atoms with Gasteiger partial charge in [-0.15, -0.1) is 0 Å². The van der Waals surface area contributed by atoms with Crippen LogP contribution in [0.25, 0.3) is 0 Å². The topological polar surface area (TPSA) is 71.1 Å². The van der Waals surface area contributed by atoms with Crippen molar-refractivity contribution in [2.75, 3.05) is 21.3 Å². The van der Waals surface area contributed by atoms with Gasteiger partial charge in [0.25, 0.3) is 0 Å². The van der Waals surface area contributed by atoms with E-state index in [4.69, 9.17) is 30.5 Å². The molecule has 0 unspecified atom stereocenters. The first-order valence-corrected chi connectivity index (χ1v) is 7.75. The molecule has 1 aliphatic heterocycles. The highest BCUT2D eigenvalue weighted by molar-refractivity contribution is 6.35. The number of ether oxygens (including phenoxy) is 4. The van der Waals surface area contributed by atoms with Gasteiger partial charge in [0, 0.05) is 18.4 Å². The van der Waals surface area contributed by atoms with Gasteiger partial charge in [0.1, 0.15) is 5.02 Å². The van der Waals surface area contributed by atoms with Crippen LogP contribution in [0.2, 0.25) is 5.02 Å². The Bertz CT molecular complexity index is 769. The molecule has 24 heavy (non-hydrogen) atoms. The molecule has 1 aromatic rings. The van der Waals surface area contributed by atoms with E-state index >= 15 is 0 Å². The first-order valence-electron chi connectivity index (χ1n) is 7.38. The minimum atomic E-state index is -1.40. The highest BCUT2D eigenvalue weighted by atomic mass is 35.5. The minimum Gasteiger partial charge on any atom is -0.496 e. The predicted octanol–water partition coefficient (Wildman–Crippen LogP) is 2.81. The van der Waals surface area contributed by atoms with Crippen molar-refractivity contribution in [2.24, 2.45) is 5.92 Å². The smallest absolute Gasteiger partial charge is 0.231 e. The highest BCUT2D eigenvalue weighted by Crippen LogP contribution is 2.53.